The van der Waals surface area contributed by atoms with Gasteiger partial charge in [0.1, 0.15) is 11.5 Å². The Hall–Kier alpha value is -3.79. The molecule has 0 fully saturated rings. The molecule has 0 radical (unpaired) electrons. The molecule has 3 rings (SSSR count). The highest BCUT2D eigenvalue weighted by atomic mass is 19.4. The van der Waals surface area contributed by atoms with Crippen molar-refractivity contribution in [2.24, 2.45) is 5.73 Å². The van der Waals surface area contributed by atoms with Crippen LogP contribution in [0.1, 0.15) is 30.7 Å². The van der Waals surface area contributed by atoms with Gasteiger partial charge in [-0.1, -0.05) is 30.3 Å². The zero-order chi connectivity index (χ0) is 32.6. The largest absolute Gasteiger partial charge is 0.427 e. The van der Waals surface area contributed by atoms with E-state index < -0.39 is 75.5 Å². The Balaban J connectivity index is 2.23. The number of aliphatic hydroxyl groups is 3. The number of nitrogens with zero attached hydrogens (tertiary/aromatic N) is 2. The molecule has 0 amide bonds. The highest BCUT2D eigenvalue weighted by molar-refractivity contribution is 5.62. The van der Waals surface area contributed by atoms with Gasteiger partial charge in [0, 0.05) is 24.4 Å². The third-order valence-corrected chi connectivity index (χ3v) is 6.63. The number of nitrogens with two attached hydrogens (primary N) is 1. The first kappa shape index (κ1) is 33.7. The molecule has 7 nitrogen and oxygen atoms in total. The zero-order valence-electron chi connectivity index (χ0n) is 22.9. The van der Waals surface area contributed by atoms with E-state index in [-0.39, 0.29) is 5.56 Å². The number of hydrazine groups is 1. The maximum Gasteiger partial charge on any atom is 0.427 e. The molecule has 1 unspecified atom stereocenters. The number of hydrogen-bond donors (Lipinski definition) is 5. The summed E-state index contributed by atoms with van der Waals surface area (Å²) in [6.07, 6.45) is -10.7. The summed E-state index contributed by atoms with van der Waals surface area (Å²) in [5.41, 5.74) is -7.26. The van der Waals surface area contributed by atoms with Crippen LogP contribution in [0.5, 0.6) is 0 Å². The van der Waals surface area contributed by atoms with E-state index in [1.165, 1.54) is 18.2 Å². The van der Waals surface area contributed by atoms with E-state index in [0.717, 1.165) is 57.3 Å². The lowest BCUT2D eigenvalue weighted by Gasteiger charge is -2.37. The van der Waals surface area contributed by atoms with Gasteiger partial charge in [-0.25, -0.2) is 19.2 Å². The maximum absolute atomic E-state index is 15.5. The van der Waals surface area contributed by atoms with Crippen molar-refractivity contribution in [2.45, 2.75) is 43.0 Å². The molecule has 0 aliphatic rings. The van der Waals surface area contributed by atoms with Crippen molar-refractivity contribution >= 4 is 0 Å². The summed E-state index contributed by atoms with van der Waals surface area (Å²) in [6, 6.07) is 9.78. The minimum atomic E-state index is -5.60. The number of alkyl halides is 6. The van der Waals surface area contributed by atoms with E-state index in [1.807, 2.05) is 0 Å². The standard InChI is InChI=1S/C28H28F8N4O3/c1-24(2,41)19-13-21(39-23(22(19)30)16-9-11-18(29)12-10-16)25(42,27(31,32)33)15-40(38-3)14-20(37)26(43,28(34,35)36)17-7-5-4-6-8-17/h4-14,38,41-43H,15,37H2,1-3H3/b20-14-/t25-,26?/m0/s1. The third kappa shape index (κ3) is 6.59. The average Bonchev–Trinajstić information content (AvgIpc) is 2.91. The van der Waals surface area contributed by atoms with Crippen LogP contribution in [-0.2, 0) is 16.8 Å². The summed E-state index contributed by atoms with van der Waals surface area (Å²) in [7, 11) is 1.00. The minimum Gasteiger partial charge on any atom is -0.398 e. The van der Waals surface area contributed by atoms with Gasteiger partial charge in [0.15, 0.2) is 5.82 Å². The molecule has 1 aromatic heterocycles. The van der Waals surface area contributed by atoms with E-state index in [9.17, 15) is 46.1 Å². The molecule has 0 spiro atoms. The number of hydrogen-bond acceptors (Lipinski definition) is 7. The van der Waals surface area contributed by atoms with Crippen LogP contribution < -0.4 is 11.2 Å². The van der Waals surface area contributed by atoms with E-state index in [1.54, 1.807) is 0 Å². The molecule has 43 heavy (non-hydrogen) atoms. The topological polar surface area (TPSA) is 115 Å². The average molecular weight is 621 g/mol. The van der Waals surface area contributed by atoms with E-state index >= 15 is 4.39 Å². The predicted octanol–water partition coefficient (Wildman–Crippen LogP) is 4.69. The lowest BCUT2D eigenvalue weighted by Crippen LogP contribution is -2.54. The van der Waals surface area contributed by atoms with Crippen LogP contribution >= 0.6 is 0 Å². The molecule has 234 valence electrons. The molecule has 1 heterocycles. The first-order valence-corrected chi connectivity index (χ1v) is 12.4. The second-order valence-electron chi connectivity index (χ2n) is 10.2. The molecular weight excluding hydrogens is 592 g/mol. The van der Waals surface area contributed by atoms with Crippen molar-refractivity contribution in [3.63, 3.8) is 0 Å². The Morgan fingerprint density at radius 3 is 1.93 bits per heavy atom. The molecule has 0 bridgehead atoms. The van der Waals surface area contributed by atoms with Crippen LogP contribution in [0.25, 0.3) is 11.3 Å². The van der Waals surface area contributed by atoms with Crippen LogP contribution in [-0.4, -0.2) is 51.3 Å². The number of nitrogens with one attached hydrogen (secondary N) is 1. The Labute approximate surface area is 240 Å². The van der Waals surface area contributed by atoms with Crippen LogP contribution in [0.15, 0.2) is 72.6 Å². The Kier molecular flexibility index (Phi) is 9.18. The smallest absolute Gasteiger partial charge is 0.398 e. The van der Waals surface area contributed by atoms with Crippen LogP contribution in [0.2, 0.25) is 0 Å². The second kappa shape index (κ2) is 11.7. The van der Waals surface area contributed by atoms with E-state index in [0.29, 0.717) is 17.3 Å². The summed E-state index contributed by atoms with van der Waals surface area (Å²) in [5.74, 6) is -2.02. The summed E-state index contributed by atoms with van der Waals surface area (Å²) in [6.45, 7) is 0.492. The van der Waals surface area contributed by atoms with Crippen molar-refractivity contribution in [1.82, 2.24) is 15.4 Å². The van der Waals surface area contributed by atoms with Crippen molar-refractivity contribution in [2.75, 3.05) is 13.6 Å². The van der Waals surface area contributed by atoms with Crippen molar-refractivity contribution in [3.05, 3.63) is 101 Å². The number of pyridine rings is 1. The van der Waals surface area contributed by atoms with Gasteiger partial charge in [-0.05, 0) is 49.7 Å². The molecule has 3 aromatic rings. The third-order valence-electron chi connectivity index (χ3n) is 6.63. The van der Waals surface area contributed by atoms with Crippen molar-refractivity contribution in [3.8, 4) is 11.3 Å². The highest BCUT2D eigenvalue weighted by Crippen LogP contribution is 2.44. The van der Waals surface area contributed by atoms with Gasteiger partial charge >= 0.3 is 12.4 Å². The van der Waals surface area contributed by atoms with Gasteiger partial charge < -0.3 is 26.1 Å². The Morgan fingerprint density at radius 1 is 0.907 bits per heavy atom. The summed E-state index contributed by atoms with van der Waals surface area (Å²) in [4.78, 5) is 3.67. The molecule has 2 aromatic carbocycles. The number of aromatic nitrogens is 1. The normalized spacial score (nSPS) is 16.0. The fraction of sp³-hybridized carbons (Fsp3) is 0.321. The minimum absolute atomic E-state index is 0.205. The number of halogens is 8. The number of benzene rings is 2. The Morgan fingerprint density at radius 2 is 1.47 bits per heavy atom. The zero-order valence-corrected chi connectivity index (χ0v) is 22.9. The molecule has 15 heteroatoms. The first-order chi connectivity index (χ1) is 19.7. The first-order valence-electron chi connectivity index (χ1n) is 12.4. The fourth-order valence-electron chi connectivity index (χ4n) is 4.17. The molecule has 0 aliphatic heterocycles. The van der Waals surface area contributed by atoms with Crippen molar-refractivity contribution < 1.29 is 50.4 Å². The van der Waals surface area contributed by atoms with E-state index in [4.69, 9.17) is 5.73 Å². The molecule has 0 saturated heterocycles. The summed E-state index contributed by atoms with van der Waals surface area (Å²) < 4.78 is 115. The molecule has 6 N–H and O–H groups in total. The lowest BCUT2D eigenvalue weighted by molar-refractivity contribution is -0.273. The maximum atomic E-state index is 15.5. The predicted molar refractivity (Wildman–Crippen MR) is 139 cm³/mol. The monoisotopic (exact) mass is 620 g/mol. The SMILES string of the molecule is CNN(/C=C(\N)C(O)(c1ccccc1)C(F)(F)F)C[C@](O)(c1cc(C(C)(C)O)c(F)c(-c2ccc(F)cc2)n1)C(F)(F)F. The summed E-state index contributed by atoms with van der Waals surface area (Å²) in [5, 5.41) is 32.7. The lowest BCUT2D eigenvalue weighted by atomic mass is 9.89. The second-order valence-corrected chi connectivity index (χ2v) is 10.2. The molecule has 2 atom stereocenters. The quantitative estimate of drug-likeness (QED) is 0.174. The van der Waals surface area contributed by atoms with Gasteiger partial charge in [0.25, 0.3) is 0 Å². The van der Waals surface area contributed by atoms with Gasteiger partial charge in [0.2, 0.25) is 11.2 Å². The van der Waals surface area contributed by atoms with Crippen LogP contribution in [0.4, 0.5) is 35.1 Å². The molecule has 0 saturated carbocycles. The van der Waals surface area contributed by atoms with E-state index in [2.05, 4.69) is 10.4 Å². The molecule has 0 aliphatic carbocycles. The summed E-state index contributed by atoms with van der Waals surface area (Å²) >= 11 is 0. The van der Waals surface area contributed by atoms with Gasteiger partial charge in [0.05, 0.1) is 23.5 Å². The van der Waals surface area contributed by atoms with Crippen LogP contribution in [0.3, 0.4) is 0 Å². The van der Waals surface area contributed by atoms with Gasteiger partial charge in [-0.3, -0.25) is 0 Å². The molecular formula is C28H28F8N4O3. The van der Waals surface area contributed by atoms with Crippen LogP contribution in [0, 0.1) is 11.6 Å². The fourth-order valence-corrected chi connectivity index (χ4v) is 4.17. The number of rotatable bonds is 9. The van der Waals surface area contributed by atoms with Gasteiger partial charge in [-0.15, -0.1) is 0 Å². The van der Waals surface area contributed by atoms with Crippen molar-refractivity contribution in [1.29, 1.82) is 0 Å². The Bertz CT molecular complexity index is 1460. The van der Waals surface area contributed by atoms with Gasteiger partial charge in [-0.2, -0.15) is 26.3 Å². The highest BCUT2D eigenvalue weighted by Gasteiger charge is 2.59.